The van der Waals surface area contributed by atoms with Crippen molar-refractivity contribution in [2.24, 2.45) is 7.05 Å². The third kappa shape index (κ3) is 2.37. The topological polar surface area (TPSA) is 80.0 Å². The molecule has 7 nitrogen and oxygen atoms in total. The lowest BCUT2D eigenvalue weighted by Gasteiger charge is -2.38. The summed E-state index contributed by atoms with van der Waals surface area (Å²) in [6.07, 6.45) is 2.70. The molecule has 4 heterocycles. The van der Waals surface area contributed by atoms with Crippen LogP contribution in [0.5, 0.6) is 0 Å². The van der Waals surface area contributed by atoms with Gasteiger partial charge in [0.2, 0.25) is 0 Å². The fourth-order valence-electron chi connectivity index (χ4n) is 3.42. The minimum absolute atomic E-state index is 0.604. The second-order valence-electron chi connectivity index (χ2n) is 6.42. The average molecular weight is 344 g/mol. The van der Waals surface area contributed by atoms with Gasteiger partial charge in [0, 0.05) is 33.0 Å². The van der Waals surface area contributed by atoms with E-state index in [-0.39, 0.29) is 0 Å². The minimum Gasteiger partial charge on any atom is -0.382 e. The van der Waals surface area contributed by atoms with Gasteiger partial charge in [0.15, 0.2) is 5.82 Å². The number of fused-ring (bicyclic) bond motifs is 1. The van der Waals surface area contributed by atoms with Gasteiger partial charge in [-0.15, -0.1) is 11.3 Å². The second kappa shape index (κ2) is 5.49. The molecule has 8 heteroatoms. The van der Waals surface area contributed by atoms with Gasteiger partial charge in [-0.2, -0.15) is 5.10 Å². The van der Waals surface area contributed by atoms with Gasteiger partial charge in [-0.25, -0.2) is 15.0 Å². The number of piperidine rings is 1. The fraction of sp³-hybridized carbons (Fsp3) is 0.500. The van der Waals surface area contributed by atoms with E-state index in [0.29, 0.717) is 18.7 Å². The number of hydrogen-bond acceptors (Lipinski definition) is 7. The summed E-state index contributed by atoms with van der Waals surface area (Å²) in [5, 5.41) is 18.3. The zero-order chi connectivity index (χ0) is 16.9. The maximum absolute atomic E-state index is 11.0. The van der Waals surface area contributed by atoms with E-state index < -0.39 is 5.60 Å². The summed E-state index contributed by atoms with van der Waals surface area (Å²) >= 11 is 1.66. The van der Waals surface area contributed by atoms with Crippen molar-refractivity contribution in [1.82, 2.24) is 24.7 Å². The first kappa shape index (κ1) is 15.5. The Bertz CT molecular complexity index is 893. The molecule has 24 heavy (non-hydrogen) atoms. The molecular weight excluding hydrogens is 324 g/mol. The summed E-state index contributed by atoms with van der Waals surface area (Å²) in [7, 11) is 1.82. The van der Waals surface area contributed by atoms with Crippen molar-refractivity contribution in [1.29, 1.82) is 0 Å². The van der Waals surface area contributed by atoms with Gasteiger partial charge >= 0.3 is 0 Å². The van der Waals surface area contributed by atoms with Crippen LogP contribution in [-0.4, -0.2) is 42.9 Å². The molecule has 0 aliphatic carbocycles. The molecule has 0 saturated carbocycles. The van der Waals surface area contributed by atoms with E-state index in [2.05, 4.69) is 32.3 Å². The number of nitrogens with zero attached hydrogens (tertiary/aromatic N) is 6. The lowest BCUT2D eigenvalue weighted by Crippen LogP contribution is -2.44. The first-order valence-electron chi connectivity index (χ1n) is 8.02. The smallest absolute Gasteiger partial charge is 0.158 e. The molecule has 0 radical (unpaired) electrons. The Morgan fingerprint density at radius 1 is 1.21 bits per heavy atom. The van der Waals surface area contributed by atoms with Gasteiger partial charge in [0.1, 0.15) is 28.4 Å². The van der Waals surface area contributed by atoms with Crippen LogP contribution in [0.2, 0.25) is 0 Å². The highest BCUT2D eigenvalue weighted by Gasteiger charge is 2.38. The summed E-state index contributed by atoms with van der Waals surface area (Å²) in [6, 6.07) is 0. The molecule has 1 fully saturated rings. The van der Waals surface area contributed by atoms with Crippen LogP contribution >= 0.6 is 11.3 Å². The van der Waals surface area contributed by atoms with E-state index in [1.54, 1.807) is 16.0 Å². The lowest BCUT2D eigenvalue weighted by molar-refractivity contribution is -0.000138. The van der Waals surface area contributed by atoms with Crippen molar-refractivity contribution in [3.8, 4) is 0 Å². The minimum atomic E-state index is -0.924. The Hall–Kier alpha value is -2.06. The largest absolute Gasteiger partial charge is 0.382 e. The third-order valence-electron chi connectivity index (χ3n) is 4.73. The van der Waals surface area contributed by atoms with Crippen molar-refractivity contribution in [3.05, 3.63) is 28.9 Å². The van der Waals surface area contributed by atoms with Gasteiger partial charge in [0.25, 0.3) is 0 Å². The van der Waals surface area contributed by atoms with E-state index in [1.165, 1.54) is 11.9 Å². The molecule has 1 saturated heterocycles. The monoisotopic (exact) mass is 344 g/mol. The van der Waals surface area contributed by atoms with Crippen LogP contribution in [0.1, 0.15) is 30.1 Å². The summed E-state index contributed by atoms with van der Waals surface area (Å²) < 4.78 is 1.66. The van der Waals surface area contributed by atoms with Crippen LogP contribution < -0.4 is 4.90 Å². The van der Waals surface area contributed by atoms with Crippen LogP contribution in [0.3, 0.4) is 0 Å². The van der Waals surface area contributed by atoms with Crippen molar-refractivity contribution in [3.63, 3.8) is 0 Å². The van der Waals surface area contributed by atoms with Crippen LogP contribution in [-0.2, 0) is 12.6 Å². The fourth-order valence-corrected chi connectivity index (χ4v) is 4.39. The number of anilines is 1. The predicted molar refractivity (Wildman–Crippen MR) is 93.2 cm³/mol. The molecule has 3 aromatic rings. The summed E-state index contributed by atoms with van der Waals surface area (Å²) in [5.41, 5.74) is 0.284. The molecule has 1 aliphatic rings. The van der Waals surface area contributed by atoms with Gasteiger partial charge in [-0.3, -0.25) is 4.68 Å². The van der Waals surface area contributed by atoms with Crippen molar-refractivity contribution >= 4 is 27.4 Å². The highest BCUT2D eigenvalue weighted by molar-refractivity contribution is 7.17. The number of thiophene rings is 1. The molecule has 1 aliphatic heterocycles. The Labute approximate surface area is 144 Å². The number of aryl methyl sites for hydroxylation is 3. The van der Waals surface area contributed by atoms with E-state index >= 15 is 0 Å². The zero-order valence-corrected chi connectivity index (χ0v) is 14.8. The number of hydrogen-bond donors (Lipinski definition) is 1. The van der Waals surface area contributed by atoms with E-state index in [0.717, 1.165) is 34.9 Å². The van der Waals surface area contributed by atoms with E-state index in [9.17, 15) is 5.11 Å². The first-order valence-corrected chi connectivity index (χ1v) is 8.90. The molecule has 0 unspecified atom stereocenters. The standard InChI is InChI=1S/C16H20N6OS/c1-10-8-24-14-12(10)13(19-11(2)20-14)22-6-4-16(23,5-7-22)15-17-9-18-21(15)3/h8-9,23H,4-7H2,1-3H3. The van der Waals surface area contributed by atoms with Crippen molar-refractivity contribution in [2.45, 2.75) is 32.3 Å². The van der Waals surface area contributed by atoms with Crippen LogP contribution in [0.4, 0.5) is 5.82 Å². The first-order chi connectivity index (χ1) is 11.5. The molecule has 0 aromatic carbocycles. The summed E-state index contributed by atoms with van der Waals surface area (Å²) in [6.45, 7) is 5.48. The molecule has 4 rings (SSSR count). The molecule has 1 N–H and O–H groups in total. The van der Waals surface area contributed by atoms with Gasteiger partial charge in [0.05, 0.1) is 5.39 Å². The number of aromatic nitrogens is 5. The maximum atomic E-state index is 11.0. The highest BCUT2D eigenvalue weighted by Crippen LogP contribution is 2.36. The molecule has 0 bridgehead atoms. The van der Waals surface area contributed by atoms with Gasteiger partial charge in [-0.05, 0) is 24.8 Å². The molecule has 0 spiro atoms. The lowest BCUT2D eigenvalue weighted by atomic mass is 9.90. The Balaban J connectivity index is 1.65. The molecule has 0 amide bonds. The van der Waals surface area contributed by atoms with E-state index in [4.69, 9.17) is 4.98 Å². The Morgan fingerprint density at radius 3 is 2.62 bits per heavy atom. The van der Waals surface area contributed by atoms with Gasteiger partial charge < -0.3 is 10.0 Å². The van der Waals surface area contributed by atoms with Gasteiger partial charge in [-0.1, -0.05) is 0 Å². The molecule has 3 aromatic heterocycles. The summed E-state index contributed by atoms with van der Waals surface area (Å²) in [5.74, 6) is 2.41. The van der Waals surface area contributed by atoms with Crippen LogP contribution in [0.25, 0.3) is 10.2 Å². The molecule has 126 valence electrons. The van der Waals surface area contributed by atoms with Crippen LogP contribution in [0, 0.1) is 13.8 Å². The number of rotatable bonds is 2. The molecule has 0 atom stereocenters. The highest BCUT2D eigenvalue weighted by atomic mass is 32.1. The number of aliphatic hydroxyl groups is 1. The van der Waals surface area contributed by atoms with Crippen molar-refractivity contribution < 1.29 is 5.11 Å². The maximum Gasteiger partial charge on any atom is 0.158 e. The molecular formula is C16H20N6OS. The predicted octanol–water partition coefficient (Wildman–Crippen LogP) is 1.92. The second-order valence-corrected chi connectivity index (χ2v) is 7.28. The van der Waals surface area contributed by atoms with E-state index in [1.807, 2.05) is 14.0 Å². The third-order valence-corrected chi connectivity index (χ3v) is 5.72. The SMILES string of the molecule is Cc1nc(N2CCC(O)(c3ncnn3C)CC2)c2c(C)csc2n1. The normalized spacial score (nSPS) is 17.6. The van der Waals surface area contributed by atoms with Crippen LogP contribution in [0.15, 0.2) is 11.7 Å². The summed E-state index contributed by atoms with van der Waals surface area (Å²) in [4.78, 5) is 16.8. The quantitative estimate of drug-likeness (QED) is 0.765. The average Bonchev–Trinajstić information content (AvgIpc) is 3.14. The zero-order valence-electron chi connectivity index (χ0n) is 14.0. The Morgan fingerprint density at radius 2 is 1.96 bits per heavy atom. The van der Waals surface area contributed by atoms with Crippen molar-refractivity contribution in [2.75, 3.05) is 18.0 Å². The Kier molecular flexibility index (Phi) is 3.54.